The number of likely N-dealkylation sites (N-methyl/N-ethyl adjacent to an activating group) is 1. The summed E-state index contributed by atoms with van der Waals surface area (Å²) < 4.78 is 5.46. The largest absolute Gasteiger partial charge is 0.389 e. The van der Waals surface area contributed by atoms with Gasteiger partial charge in [-0.15, -0.1) is 0 Å². The highest BCUT2D eigenvalue weighted by Gasteiger charge is 2.19. The van der Waals surface area contributed by atoms with Gasteiger partial charge in [-0.3, -0.25) is 10.1 Å². The highest BCUT2D eigenvalue weighted by molar-refractivity contribution is 9.10. The average molecular weight is 319 g/mol. The van der Waals surface area contributed by atoms with Crippen LogP contribution in [0.1, 0.15) is 0 Å². The average Bonchev–Trinajstić information content (AvgIpc) is 2.28. The van der Waals surface area contributed by atoms with E-state index >= 15 is 0 Å². The molecule has 0 bridgehead atoms. The summed E-state index contributed by atoms with van der Waals surface area (Å²) in [6.45, 7) is 0.449. The molecule has 1 N–H and O–H groups in total. The lowest BCUT2D eigenvalue weighted by molar-refractivity contribution is -0.384. The van der Waals surface area contributed by atoms with Crippen LogP contribution in [0.5, 0.6) is 0 Å². The van der Waals surface area contributed by atoms with Crippen molar-refractivity contribution >= 4 is 27.3 Å². The van der Waals surface area contributed by atoms with E-state index in [-0.39, 0.29) is 18.8 Å². The molecule has 1 rings (SSSR count). The molecule has 0 fully saturated rings. The van der Waals surface area contributed by atoms with Crippen molar-refractivity contribution in [1.29, 1.82) is 0 Å². The van der Waals surface area contributed by atoms with Gasteiger partial charge in [0.1, 0.15) is 5.69 Å². The summed E-state index contributed by atoms with van der Waals surface area (Å²) in [6.07, 6.45) is -0.691. The van der Waals surface area contributed by atoms with Crippen LogP contribution >= 0.6 is 15.9 Å². The Kier molecular flexibility index (Phi) is 5.52. The van der Waals surface area contributed by atoms with E-state index in [4.69, 9.17) is 4.74 Å². The van der Waals surface area contributed by atoms with Crippen LogP contribution in [-0.4, -0.2) is 43.4 Å². The lowest BCUT2D eigenvalue weighted by Crippen LogP contribution is -2.32. The van der Waals surface area contributed by atoms with Crippen LogP contribution in [0.25, 0.3) is 0 Å². The fourth-order valence-corrected chi connectivity index (χ4v) is 1.97. The van der Waals surface area contributed by atoms with Gasteiger partial charge < -0.3 is 14.7 Å². The number of halogens is 1. The molecule has 0 aliphatic carbocycles. The van der Waals surface area contributed by atoms with E-state index in [2.05, 4.69) is 15.9 Å². The molecule has 6 nitrogen and oxygen atoms in total. The molecule has 0 aliphatic heterocycles. The van der Waals surface area contributed by atoms with Gasteiger partial charge in [-0.05, 0) is 12.1 Å². The van der Waals surface area contributed by atoms with Crippen LogP contribution in [-0.2, 0) is 4.74 Å². The number of hydrogen-bond donors (Lipinski definition) is 1. The van der Waals surface area contributed by atoms with E-state index in [1.807, 2.05) is 0 Å². The van der Waals surface area contributed by atoms with Crippen molar-refractivity contribution in [3.63, 3.8) is 0 Å². The Morgan fingerprint density at radius 1 is 1.61 bits per heavy atom. The second-order valence-corrected chi connectivity index (χ2v) is 4.80. The Labute approximate surface area is 113 Å². The van der Waals surface area contributed by atoms with Crippen LogP contribution in [0.3, 0.4) is 0 Å². The molecule has 1 aromatic carbocycles. The number of aliphatic hydroxyl groups is 1. The van der Waals surface area contributed by atoms with Gasteiger partial charge in [-0.2, -0.15) is 0 Å². The summed E-state index contributed by atoms with van der Waals surface area (Å²) >= 11 is 3.20. The van der Waals surface area contributed by atoms with Crippen molar-refractivity contribution in [3.8, 4) is 0 Å². The molecule has 0 saturated heterocycles. The van der Waals surface area contributed by atoms with E-state index in [0.717, 1.165) is 0 Å². The van der Waals surface area contributed by atoms with Gasteiger partial charge in [0, 0.05) is 31.2 Å². The van der Waals surface area contributed by atoms with Crippen LogP contribution < -0.4 is 4.90 Å². The van der Waals surface area contributed by atoms with Crippen molar-refractivity contribution < 1.29 is 14.8 Å². The number of aliphatic hydroxyl groups excluding tert-OH is 1. The van der Waals surface area contributed by atoms with E-state index in [9.17, 15) is 15.2 Å². The molecule has 0 aliphatic rings. The SMILES string of the molecule is COCC(O)CN(C)c1ccc(Br)cc1[N+](=O)[O-]. The first-order chi connectivity index (χ1) is 8.45. The van der Waals surface area contributed by atoms with Crippen molar-refractivity contribution in [2.45, 2.75) is 6.10 Å². The molecule has 1 atom stereocenters. The number of hydrogen-bond acceptors (Lipinski definition) is 5. The third kappa shape index (κ3) is 3.94. The zero-order valence-corrected chi connectivity index (χ0v) is 11.8. The number of rotatable bonds is 6. The third-order valence-corrected chi connectivity index (χ3v) is 2.88. The molecule has 0 heterocycles. The zero-order valence-electron chi connectivity index (χ0n) is 10.2. The summed E-state index contributed by atoms with van der Waals surface area (Å²) in [7, 11) is 3.18. The summed E-state index contributed by atoms with van der Waals surface area (Å²) in [5.41, 5.74) is 0.454. The molecule has 18 heavy (non-hydrogen) atoms. The topological polar surface area (TPSA) is 75.8 Å². The molecule has 0 saturated carbocycles. The maximum atomic E-state index is 11.0. The number of nitrogens with zero attached hydrogens (tertiary/aromatic N) is 2. The number of nitro benzene ring substituents is 1. The zero-order chi connectivity index (χ0) is 13.7. The van der Waals surface area contributed by atoms with Gasteiger partial charge in [0.05, 0.1) is 17.6 Å². The molecule has 0 radical (unpaired) electrons. The van der Waals surface area contributed by atoms with Gasteiger partial charge in [-0.1, -0.05) is 15.9 Å². The number of methoxy groups -OCH3 is 1. The summed E-state index contributed by atoms with van der Waals surface area (Å²) in [6, 6.07) is 4.80. The quantitative estimate of drug-likeness (QED) is 0.639. The van der Waals surface area contributed by atoms with Crippen LogP contribution in [0.4, 0.5) is 11.4 Å². The van der Waals surface area contributed by atoms with Gasteiger partial charge in [0.2, 0.25) is 0 Å². The third-order valence-electron chi connectivity index (χ3n) is 2.39. The number of nitro groups is 1. The summed E-state index contributed by atoms with van der Waals surface area (Å²) in [5.74, 6) is 0. The summed E-state index contributed by atoms with van der Waals surface area (Å²) in [4.78, 5) is 12.1. The van der Waals surface area contributed by atoms with Crippen molar-refractivity contribution in [1.82, 2.24) is 0 Å². The normalized spacial score (nSPS) is 12.2. The standard InChI is InChI=1S/C11H15BrN2O4/c1-13(6-9(15)7-18-2)10-4-3-8(12)5-11(10)14(16)17/h3-5,9,15H,6-7H2,1-2H3. The Bertz CT molecular complexity index is 428. The van der Waals surface area contributed by atoms with Crippen molar-refractivity contribution in [3.05, 3.63) is 32.8 Å². The Hall–Kier alpha value is -1.18. The molecular weight excluding hydrogens is 304 g/mol. The second-order valence-electron chi connectivity index (χ2n) is 3.88. The Balaban J connectivity index is 2.91. The molecular formula is C11H15BrN2O4. The van der Waals surface area contributed by atoms with Crippen LogP contribution in [0.15, 0.2) is 22.7 Å². The van der Waals surface area contributed by atoms with Gasteiger partial charge in [-0.25, -0.2) is 0 Å². The van der Waals surface area contributed by atoms with Gasteiger partial charge in [0.15, 0.2) is 0 Å². The van der Waals surface area contributed by atoms with Gasteiger partial charge in [0.25, 0.3) is 5.69 Å². The first-order valence-electron chi connectivity index (χ1n) is 5.27. The van der Waals surface area contributed by atoms with E-state index in [1.165, 1.54) is 13.2 Å². The molecule has 0 spiro atoms. The minimum absolute atomic E-state index is 0.00325. The minimum Gasteiger partial charge on any atom is -0.389 e. The Morgan fingerprint density at radius 2 is 2.28 bits per heavy atom. The lowest BCUT2D eigenvalue weighted by Gasteiger charge is -2.22. The number of benzene rings is 1. The highest BCUT2D eigenvalue weighted by Crippen LogP contribution is 2.30. The number of ether oxygens (including phenoxy) is 1. The molecule has 100 valence electrons. The molecule has 1 aromatic rings. The van der Waals surface area contributed by atoms with E-state index < -0.39 is 11.0 Å². The van der Waals surface area contributed by atoms with E-state index in [1.54, 1.807) is 24.1 Å². The Morgan fingerprint density at radius 3 is 2.83 bits per heavy atom. The predicted octanol–water partition coefficient (Wildman–Crippen LogP) is 1.80. The smallest absolute Gasteiger partial charge is 0.293 e. The van der Waals surface area contributed by atoms with Crippen LogP contribution in [0, 0.1) is 10.1 Å². The first-order valence-corrected chi connectivity index (χ1v) is 6.07. The first kappa shape index (κ1) is 14.9. The van der Waals surface area contributed by atoms with Crippen LogP contribution in [0.2, 0.25) is 0 Å². The fraction of sp³-hybridized carbons (Fsp3) is 0.455. The minimum atomic E-state index is -0.691. The second kappa shape index (κ2) is 6.67. The van der Waals surface area contributed by atoms with E-state index in [0.29, 0.717) is 10.2 Å². The van der Waals surface area contributed by atoms with Crippen molar-refractivity contribution in [2.75, 3.05) is 32.2 Å². The predicted molar refractivity (Wildman–Crippen MR) is 71.9 cm³/mol. The molecule has 0 aromatic heterocycles. The fourth-order valence-electron chi connectivity index (χ4n) is 1.63. The van der Waals surface area contributed by atoms with Crippen molar-refractivity contribution in [2.24, 2.45) is 0 Å². The summed E-state index contributed by atoms with van der Waals surface area (Å²) in [5, 5.41) is 20.6. The lowest BCUT2D eigenvalue weighted by atomic mass is 10.2. The molecule has 1 unspecified atom stereocenters. The van der Waals surface area contributed by atoms with Gasteiger partial charge >= 0.3 is 0 Å². The molecule has 7 heteroatoms. The monoisotopic (exact) mass is 318 g/mol. The maximum Gasteiger partial charge on any atom is 0.293 e. The highest BCUT2D eigenvalue weighted by atomic mass is 79.9. The molecule has 0 amide bonds. The maximum absolute atomic E-state index is 11.0. The number of anilines is 1.